The SMILES string of the molecule is C[C@H](Oc1cccc(C#N)c1)C(=O)NS(=O)(=O)c1ccc(Br)s1. The van der Waals surface area contributed by atoms with Crippen LogP contribution in [-0.2, 0) is 14.8 Å². The number of nitrogens with zero attached hydrogens (tertiary/aromatic N) is 1. The fourth-order valence-corrected chi connectivity index (χ4v) is 4.66. The van der Waals surface area contributed by atoms with Crippen LogP contribution in [0.3, 0.4) is 0 Å². The van der Waals surface area contributed by atoms with Gasteiger partial charge in [-0.25, -0.2) is 13.1 Å². The molecule has 0 bridgehead atoms. The van der Waals surface area contributed by atoms with Gasteiger partial charge in [-0.3, -0.25) is 4.79 Å². The molecule has 0 aliphatic heterocycles. The standard InChI is InChI=1S/C14H11BrN2O4S2/c1-9(21-11-4-2-3-10(7-11)8-16)14(18)17-23(19,20)13-6-5-12(15)22-13/h2-7,9H,1H3,(H,17,18)/t9-/m0/s1. The average Bonchev–Trinajstić information content (AvgIpc) is 2.94. The predicted octanol–water partition coefficient (Wildman–Crippen LogP) is 2.65. The predicted molar refractivity (Wildman–Crippen MR) is 88.6 cm³/mol. The molecule has 2 aromatic rings. The molecule has 9 heteroatoms. The number of nitrogens with one attached hydrogen (secondary N) is 1. The Hall–Kier alpha value is -1.89. The summed E-state index contributed by atoms with van der Waals surface area (Å²) >= 11 is 4.16. The summed E-state index contributed by atoms with van der Waals surface area (Å²) in [6.07, 6.45) is -1.04. The first-order chi connectivity index (χ1) is 10.8. The maximum atomic E-state index is 12.1. The van der Waals surface area contributed by atoms with Gasteiger partial charge in [0.25, 0.3) is 15.9 Å². The molecule has 0 unspecified atom stereocenters. The molecule has 1 heterocycles. The maximum Gasteiger partial charge on any atom is 0.274 e. The monoisotopic (exact) mass is 414 g/mol. The minimum atomic E-state index is -3.93. The molecule has 1 aromatic carbocycles. The lowest BCUT2D eigenvalue weighted by Crippen LogP contribution is -2.39. The average molecular weight is 415 g/mol. The van der Waals surface area contributed by atoms with E-state index in [0.717, 1.165) is 11.3 Å². The Labute approximate surface area is 145 Å². The van der Waals surface area contributed by atoms with Crippen LogP contribution in [0.1, 0.15) is 12.5 Å². The fraction of sp³-hybridized carbons (Fsp3) is 0.143. The van der Waals surface area contributed by atoms with Crippen LogP contribution in [0.2, 0.25) is 0 Å². The first-order valence-electron chi connectivity index (χ1n) is 6.30. The summed E-state index contributed by atoms with van der Waals surface area (Å²) in [6.45, 7) is 1.42. The van der Waals surface area contributed by atoms with E-state index in [1.54, 1.807) is 24.3 Å². The van der Waals surface area contributed by atoms with Crippen LogP contribution < -0.4 is 9.46 Å². The Morgan fingerprint density at radius 3 is 2.74 bits per heavy atom. The molecular weight excluding hydrogens is 404 g/mol. The van der Waals surface area contributed by atoms with Crippen molar-refractivity contribution in [2.45, 2.75) is 17.2 Å². The first kappa shape index (κ1) is 17.5. The highest BCUT2D eigenvalue weighted by atomic mass is 79.9. The largest absolute Gasteiger partial charge is 0.481 e. The number of carbonyl (C=O) groups excluding carboxylic acids is 1. The van der Waals surface area contributed by atoms with Gasteiger partial charge in [-0.15, -0.1) is 11.3 Å². The second-order valence-electron chi connectivity index (χ2n) is 4.43. The van der Waals surface area contributed by atoms with Gasteiger partial charge >= 0.3 is 0 Å². The number of halogens is 1. The third-order valence-electron chi connectivity index (χ3n) is 2.69. The van der Waals surface area contributed by atoms with Crippen molar-refractivity contribution < 1.29 is 17.9 Å². The van der Waals surface area contributed by atoms with E-state index < -0.39 is 22.0 Å². The smallest absolute Gasteiger partial charge is 0.274 e. The van der Waals surface area contributed by atoms with Crippen molar-refractivity contribution in [3.8, 4) is 11.8 Å². The number of thiophene rings is 1. The van der Waals surface area contributed by atoms with Gasteiger partial charge < -0.3 is 4.74 Å². The minimum Gasteiger partial charge on any atom is -0.481 e. The van der Waals surface area contributed by atoms with Gasteiger partial charge in [0.2, 0.25) is 0 Å². The number of ether oxygens (including phenoxy) is 1. The summed E-state index contributed by atoms with van der Waals surface area (Å²) in [5.74, 6) is -0.486. The summed E-state index contributed by atoms with van der Waals surface area (Å²) in [5, 5.41) is 8.82. The highest BCUT2D eigenvalue weighted by molar-refractivity contribution is 9.11. The molecule has 0 fully saturated rings. The van der Waals surface area contributed by atoms with Crippen LogP contribution >= 0.6 is 27.3 Å². The molecule has 1 aromatic heterocycles. The van der Waals surface area contributed by atoms with Crippen LogP contribution in [0.5, 0.6) is 5.75 Å². The lowest BCUT2D eigenvalue weighted by Gasteiger charge is -2.14. The Morgan fingerprint density at radius 1 is 1.39 bits per heavy atom. The van der Waals surface area contributed by atoms with E-state index >= 15 is 0 Å². The molecule has 1 N–H and O–H groups in total. The molecule has 6 nitrogen and oxygen atoms in total. The molecule has 0 saturated heterocycles. The fourth-order valence-electron chi connectivity index (χ4n) is 1.60. The summed E-state index contributed by atoms with van der Waals surface area (Å²) in [7, 11) is -3.93. The van der Waals surface area contributed by atoms with Gasteiger partial charge in [-0.1, -0.05) is 6.07 Å². The van der Waals surface area contributed by atoms with E-state index in [2.05, 4.69) is 15.9 Å². The normalized spacial score (nSPS) is 12.2. The quantitative estimate of drug-likeness (QED) is 0.810. The Morgan fingerprint density at radius 2 is 2.13 bits per heavy atom. The molecule has 1 amide bonds. The third kappa shape index (κ3) is 4.54. The van der Waals surface area contributed by atoms with E-state index in [1.165, 1.54) is 19.1 Å². The van der Waals surface area contributed by atoms with E-state index in [4.69, 9.17) is 10.00 Å². The highest BCUT2D eigenvalue weighted by Crippen LogP contribution is 2.25. The zero-order valence-corrected chi connectivity index (χ0v) is 15.0. The Kier molecular flexibility index (Phi) is 5.41. The summed E-state index contributed by atoms with van der Waals surface area (Å²) < 4.78 is 32.2. The number of carbonyl (C=O) groups is 1. The number of nitriles is 1. The third-order valence-corrected chi connectivity index (χ3v) is 6.16. The van der Waals surface area contributed by atoms with Gasteiger partial charge in [0.15, 0.2) is 6.10 Å². The number of hydrogen-bond acceptors (Lipinski definition) is 6. The zero-order valence-electron chi connectivity index (χ0n) is 11.8. The highest BCUT2D eigenvalue weighted by Gasteiger charge is 2.24. The van der Waals surface area contributed by atoms with Crippen molar-refractivity contribution in [2.75, 3.05) is 0 Å². The van der Waals surface area contributed by atoms with Gasteiger partial charge in [0.1, 0.15) is 9.96 Å². The van der Waals surface area contributed by atoms with E-state index in [9.17, 15) is 13.2 Å². The van der Waals surface area contributed by atoms with Crippen molar-refractivity contribution in [1.29, 1.82) is 5.26 Å². The van der Waals surface area contributed by atoms with Gasteiger partial charge in [0.05, 0.1) is 15.4 Å². The minimum absolute atomic E-state index is 0.0244. The number of hydrogen-bond donors (Lipinski definition) is 1. The zero-order chi connectivity index (χ0) is 17.0. The van der Waals surface area contributed by atoms with Gasteiger partial charge in [0, 0.05) is 0 Å². The number of sulfonamides is 1. The topological polar surface area (TPSA) is 96.3 Å². The molecule has 0 radical (unpaired) electrons. The molecule has 0 spiro atoms. The molecule has 0 saturated carbocycles. The number of benzene rings is 1. The van der Waals surface area contributed by atoms with Crippen molar-refractivity contribution in [3.05, 3.63) is 45.7 Å². The molecule has 120 valence electrons. The molecular formula is C14H11BrN2O4S2. The second-order valence-corrected chi connectivity index (χ2v) is 8.80. The van der Waals surface area contributed by atoms with E-state index in [-0.39, 0.29) is 4.21 Å². The molecule has 0 aliphatic rings. The van der Waals surface area contributed by atoms with Crippen molar-refractivity contribution in [3.63, 3.8) is 0 Å². The van der Waals surface area contributed by atoms with E-state index in [0.29, 0.717) is 15.1 Å². The van der Waals surface area contributed by atoms with E-state index in [1.807, 2.05) is 10.8 Å². The van der Waals surface area contributed by atoms with Crippen LogP contribution in [0.4, 0.5) is 0 Å². The Balaban J connectivity index is 2.06. The van der Waals surface area contributed by atoms with Crippen LogP contribution in [0.15, 0.2) is 44.4 Å². The maximum absolute atomic E-state index is 12.1. The van der Waals surface area contributed by atoms with Crippen LogP contribution in [0, 0.1) is 11.3 Å². The van der Waals surface area contributed by atoms with Crippen molar-refractivity contribution in [1.82, 2.24) is 4.72 Å². The lowest BCUT2D eigenvalue weighted by atomic mass is 10.2. The lowest BCUT2D eigenvalue weighted by molar-refractivity contribution is -0.125. The number of rotatable bonds is 5. The van der Waals surface area contributed by atoms with Crippen LogP contribution in [0.25, 0.3) is 0 Å². The summed E-state index contributed by atoms with van der Waals surface area (Å²) in [5.41, 5.74) is 0.381. The van der Waals surface area contributed by atoms with Crippen molar-refractivity contribution >= 4 is 43.2 Å². The second kappa shape index (κ2) is 7.12. The molecule has 1 atom stereocenters. The van der Waals surface area contributed by atoms with Crippen molar-refractivity contribution in [2.24, 2.45) is 0 Å². The molecule has 23 heavy (non-hydrogen) atoms. The van der Waals surface area contributed by atoms with Gasteiger partial charge in [-0.05, 0) is 53.2 Å². The summed E-state index contributed by atoms with van der Waals surface area (Å²) in [6, 6.07) is 11.2. The number of amides is 1. The first-order valence-corrected chi connectivity index (χ1v) is 9.40. The molecule has 0 aliphatic carbocycles. The van der Waals surface area contributed by atoms with Gasteiger partial charge in [-0.2, -0.15) is 5.26 Å². The summed E-state index contributed by atoms with van der Waals surface area (Å²) in [4.78, 5) is 12.0. The molecule has 2 rings (SSSR count). The Bertz CT molecular complexity index is 871. The van der Waals surface area contributed by atoms with Crippen LogP contribution in [-0.4, -0.2) is 20.4 Å².